The van der Waals surface area contributed by atoms with Crippen molar-refractivity contribution in [2.24, 2.45) is 0 Å². The second-order valence-corrected chi connectivity index (χ2v) is 15.8. The molecule has 13 rings (SSSR count). The molecule has 1 spiro atoms. The molecule has 2 aliphatic rings. The topological polar surface area (TPSA) is 31.0 Å². The molecule has 0 fully saturated rings. The van der Waals surface area contributed by atoms with Crippen LogP contribution < -0.4 is 0 Å². The van der Waals surface area contributed by atoms with E-state index < -0.39 is 5.41 Å². The second kappa shape index (κ2) is 12.1. The molecule has 2 heterocycles. The van der Waals surface area contributed by atoms with Crippen molar-refractivity contribution >= 4 is 33.0 Å². The molecule has 2 aliphatic carbocycles. The molecule has 3 nitrogen and oxygen atoms in total. The fourth-order valence-electron chi connectivity index (χ4n) is 10.4. The number of hydrogen-bond donors (Lipinski definition) is 0. The van der Waals surface area contributed by atoms with Gasteiger partial charge in [-0.25, -0.2) is 4.98 Å². The Morgan fingerprint density at radius 3 is 1.71 bits per heavy atom. The number of fused-ring (bicyclic) bond motifs is 16. The van der Waals surface area contributed by atoms with Gasteiger partial charge in [-0.1, -0.05) is 158 Å². The lowest BCUT2D eigenvalue weighted by Gasteiger charge is -2.35. The Labute approximate surface area is 341 Å². The van der Waals surface area contributed by atoms with Crippen molar-refractivity contribution in [1.29, 1.82) is 0 Å². The van der Waals surface area contributed by atoms with Gasteiger partial charge in [-0.2, -0.15) is 0 Å². The Bertz CT molecular complexity index is 3500. The first kappa shape index (κ1) is 32.3. The quantitative estimate of drug-likeness (QED) is 0.180. The minimum absolute atomic E-state index is 0.626. The molecule has 2 aromatic heterocycles. The normalized spacial score (nSPS) is 14.8. The molecule has 0 radical (unpaired) electrons. The minimum Gasteiger partial charge on any atom is -0.456 e. The third-order valence-electron chi connectivity index (χ3n) is 12.8. The fourth-order valence-corrected chi connectivity index (χ4v) is 10.4. The number of furan rings is 1. The van der Waals surface area contributed by atoms with Crippen molar-refractivity contribution in [3.8, 4) is 61.6 Å². The first-order valence-corrected chi connectivity index (χ1v) is 20.3. The molecule has 1 atom stereocenters. The lowest BCUT2D eigenvalue weighted by molar-refractivity contribution is 0.668. The number of imidazole rings is 1. The Morgan fingerprint density at radius 1 is 0.373 bits per heavy atom. The zero-order chi connectivity index (χ0) is 38.7. The lowest BCUT2D eigenvalue weighted by Crippen LogP contribution is -2.29. The molecular formula is C56H34N2O. The maximum atomic E-state index is 6.55. The first-order valence-electron chi connectivity index (χ1n) is 20.3. The van der Waals surface area contributed by atoms with Crippen LogP contribution in [0.25, 0.3) is 94.6 Å². The van der Waals surface area contributed by atoms with E-state index >= 15 is 0 Å². The molecule has 0 N–H and O–H groups in total. The van der Waals surface area contributed by atoms with Gasteiger partial charge in [-0.15, -0.1) is 0 Å². The molecule has 3 heteroatoms. The van der Waals surface area contributed by atoms with E-state index in [9.17, 15) is 0 Å². The summed E-state index contributed by atoms with van der Waals surface area (Å²) >= 11 is 0. The maximum absolute atomic E-state index is 6.55. The molecule has 11 aromatic rings. The van der Waals surface area contributed by atoms with Crippen molar-refractivity contribution in [2.45, 2.75) is 5.41 Å². The van der Waals surface area contributed by atoms with Crippen LogP contribution in [0.5, 0.6) is 0 Å². The molecule has 0 bridgehead atoms. The largest absolute Gasteiger partial charge is 0.456 e. The van der Waals surface area contributed by atoms with Crippen LogP contribution in [0, 0.1) is 0 Å². The van der Waals surface area contributed by atoms with Crippen molar-refractivity contribution in [2.75, 3.05) is 0 Å². The average Bonchev–Trinajstić information content (AvgIpc) is 3.94. The summed E-state index contributed by atoms with van der Waals surface area (Å²) < 4.78 is 8.83. The van der Waals surface area contributed by atoms with Gasteiger partial charge in [0.05, 0.1) is 16.4 Å². The van der Waals surface area contributed by atoms with Gasteiger partial charge in [0.1, 0.15) is 17.0 Å². The van der Waals surface area contributed by atoms with E-state index in [2.05, 4.69) is 211 Å². The van der Waals surface area contributed by atoms with Gasteiger partial charge in [0.2, 0.25) is 0 Å². The van der Waals surface area contributed by atoms with Gasteiger partial charge in [0.25, 0.3) is 0 Å². The monoisotopic (exact) mass is 750 g/mol. The molecule has 59 heavy (non-hydrogen) atoms. The van der Waals surface area contributed by atoms with Crippen molar-refractivity contribution < 1.29 is 4.42 Å². The SMILES string of the molecule is c1ccc(-c2nc3cc(-c4ccc5c(c4)C4(c6ccccc6-c6ccccc6-5)c5ccccc5-c5cc6oc7ccccc7c6cc54)ccc3n2-c2ccccc2)cc1. The van der Waals surface area contributed by atoms with E-state index in [1.165, 1.54) is 55.6 Å². The first-order chi connectivity index (χ1) is 29.3. The van der Waals surface area contributed by atoms with Crippen molar-refractivity contribution in [3.05, 3.63) is 229 Å². The zero-order valence-electron chi connectivity index (χ0n) is 31.9. The van der Waals surface area contributed by atoms with Crippen molar-refractivity contribution in [3.63, 3.8) is 0 Å². The summed E-state index contributed by atoms with van der Waals surface area (Å²) in [5.74, 6) is 0.926. The standard InChI is InChI=1S/C56H34N2O/c1-3-15-35(16-4-1)55-57-51-32-37(28-30-52(51)58(55)38-17-5-2-6-18-38)36-27-29-43-40-20-8-7-19-39(40)41-21-9-12-24-47(41)56(49(43)31-36)48-25-13-10-22-42(48)45-34-54-46(33-50(45)56)44-23-11-14-26-53(44)59-54/h1-34H. The van der Waals surface area contributed by atoms with Gasteiger partial charge < -0.3 is 4.42 Å². The number of nitrogens with zero attached hydrogens (tertiary/aromatic N) is 2. The molecule has 0 saturated heterocycles. The molecule has 0 aliphatic heterocycles. The molecule has 274 valence electrons. The van der Waals surface area contributed by atoms with Crippen molar-refractivity contribution in [1.82, 2.24) is 9.55 Å². The summed E-state index contributed by atoms with van der Waals surface area (Å²) in [5.41, 5.74) is 20.2. The van der Waals surface area contributed by atoms with Crippen LogP contribution >= 0.6 is 0 Å². The predicted octanol–water partition coefficient (Wildman–Crippen LogP) is 14.3. The van der Waals surface area contributed by atoms with Gasteiger partial charge in [-0.3, -0.25) is 4.57 Å². The second-order valence-electron chi connectivity index (χ2n) is 15.8. The highest BCUT2D eigenvalue weighted by Crippen LogP contribution is 2.62. The molecule has 0 amide bonds. The summed E-state index contributed by atoms with van der Waals surface area (Å²) in [5, 5.41) is 2.27. The maximum Gasteiger partial charge on any atom is 0.145 e. The van der Waals surface area contributed by atoms with E-state index in [-0.39, 0.29) is 0 Å². The third kappa shape index (κ3) is 4.44. The predicted molar refractivity (Wildman–Crippen MR) is 241 cm³/mol. The van der Waals surface area contributed by atoms with Crippen LogP contribution in [0.4, 0.5) is 0 Å². The number of benzene rings is 9. The van der Waals surface area contributed by atoms with Crippen LogP contribution in [0.15, 0.2) is 211 Å². The van der Waals surface area contributed by atoms with Crippen LogP contribution in [0.3, 0.4) is 0 Å². The van der Waals surface area contributed by atoms with E-state index in [0.717, 1.165) is 61.2 Å². The number of aromatic nitrogens is 2. The Morgan fingerprint density at radius 2 is 0.949 bits per heavy atom. The number of rotatable bonds is 3. The van der Waals surface area contributed by atoms with E-state index in [1.54, 1.807) is 0 Å². The average molecular weight is 751 g/mol. The van der Waals surface area contributed by atoms with Crippen LogP contribution in [0.1, 0.15) is 22.3 Å². The Hall–Kier alpha value is -7.75. The summed E-state index contributed by atoms with van der Waals surface area (Å²) in [6.07, 6.45) is 0. The molecule has 1 unspecified atom stereocenters. The molecular weight excluding hydrogens is 717 g/mol. The van der Waals surface area contributed by atoms with Gasteiger partial charge in [0.15, 0.2) is 0 Å². The molecule has 0 saturated carbocycles. The number of hydrogen-bond acceptors (Lipinski definition) is 2. The van der Waals surface area contributed by atoms with E-state index in [4.69, 9.17) is 9.40 Å². The Balaban J connectivity index is 1.12. The molecule has 9 aromatic carbocycles. The zero-order valence-corrected chi connectivity index (χ0v) is 31.9. The van der Waals surface area contributed by atoms with Crippen LogP contribution in [0.2, 0.25) is 0 Å². The van der Waals surface area contributed by atoms with Gasteiger partial charge >= 0.3 is 0 Å². The summed E-state index contributed by atoms with van der Waals surface area (Å²) in [7, 11) is 0. The van der Waals surface area contributed by atoms with Gasteiger partial charge in [0, 0.05) is 22.0 Å². The third-order valence-corrected chi connectivity index (χ3v) is 12.8. The van der Waals surface area contributed by atoms with E-state index in [1.807, 2.05) is 0 Å². The Kier molecular flexibility index (Phi) is 6.65. The summed E-state index contributed by atoms with van der Waals surface area (Å²) in [4.78, 5) is 5.34. The highest BCUT2D eigenvalue weighted by molar-refractivity contribution is 6.09. The lowest BCUT2D eigenvalue weighted by atomic mass is 9.65. The van der Waals surface area contributed by atoms with Crippen LogP contribution in [-0.4, -0.2) is 9.55 Å². The summed E-state index contributed by atoms with van der Waals surface area (Å²) in [6, 6.07) is 75.2. The smallest absolute Gasteiger partial charge is 0.145 e. The highest BCUT2D eigenvalue weighted by atomic mass is 16.3. The van der Waals surface area contributed by atoms with Crippen LogP contribution in [-0.2, 0) is 5.41 Å². The van der Waals surface area contributed by atoms with Gasteiger partial charge in [-0.05, 0) is 115 Å². The fraction of sp³-hybridized carbons (Fsp3) is 0.0179. The minimum atomic E-state index is -0.626. The van der Waals surface area contributed by atoms with E-state index in [0.29, 0.717) is 0 Å². The number of para-hydroxylation sites is 2. The summed E-state index contributed by atoms with van der Waals surface area (Å²) in [6.45, 7) is 0. The highest BCUT2D eigenvalue weighted by Gasteiger charge is 2.50.